The maximum absolute atomic E-state index is 2.49. The number of hydrogen-bond donors (Lipinski definition) is 0. The zero-order valence-electron chi connectivity index (χ0n) is 19.0. The fraction of sp³-hybridized carbons (Fsp3) is 0.556. The van der Waals surface area contributed by atoms with E-state index in [1.807, 2.05) is 0 Å². The second-order valence-corrected chi connectivity index (χ2v) is 8.89. The van der Waals surface area contributed by atoms with Crippen molar-refractivity contribution < 1.29 is 0 Å². The van der Waals surface area contributed by atoms with Gasteiger partial charge in [-0.1, -0.05) is 52.0 Å². The van der Waals surface area contributed by atoms with E-state index in [0.29, 0.717) is 5.92 Å². The quantitative estimate of drug-likeness (QED) is 0.512. The van der Waals surface area contributed by atoms with E-state index >= 15 is 0 Å². The molecule has 0 radical (unpaired) electrons. The molecule has 0 bridgehead atoms. The van der Waals surface area contributed by atoms with E-state index in [9.17, 15) is 0 Å². The first-order valence-electron chi connectivity index (χ1n) is 11.8. The van der Waals surface area contributed by atoms with Crippen molar-refractivity contribution in [3.8, 4) is 0 Å². The molecule has 0 spiro atoms. The number of rotatable bonds is 6. The summed E-state index contributed by atoms with van der Waals surface area (Å²) in [4.78, 5) is 4.96. The highest BCUT2D eigenvalue weighted by Crippen LogP contribution is 2.28. The first-order valence-corrected chi connectivity index (χ1v) is 11.8. The minimum atomic E-state index is 0.637. The van der Waals surface area contributed by atoms with E-state index in [0.717, 1.165) is 5.92 Å². The van der Waals surface area contributed by atoms with Crippen LogP contribution in [-0.2, 0) is 0 Å². The Hall–Kier alpha value is -1.96. The average molecular weight is 393 g/mol. The van der Waals surface area contributed by atoms with Crippen LogP contribution in [0, 0.1) is 0 Å². The van der Waals surface area contributed by atoms with Crippen LogP contribution in [0.2, 0.25) is 0 Å². The summed E-state index contributed by atoms with van der Waals surface area (Å²) in [5, 5.41) is 0. The van der Waals surface area contributed by atoms with Crippen LogP contribution < -0.4 is 9.80 Å². The van der Waals surface area contributed by atoms with E-state index in [4.69, 9.17) is 0 Å². The predicted octanol–water partition coefficient (Wildman–Crippen LogP) is 7.21. The van der Waals surface area contributed by atoms with Gasteiger partial charge in [0.15, 0.2) is 0 Å². The van der Waals surface area contributed by atoms with Gasteiger partial charge < -0.3 is 9.80 Å². The summed E-state index contributed by atoms with van der Waals surface area (Å²) >= 11 is 0. The molecule has 0 unspecified atom stereocenters. The highest BCUT2D eigenvalue weighted by molar-refractivity contribution is 5.51. The first kappa shape index (κ1) is 21.7. The lowest BCUT2D eigenvalue weighted by molar-refractivity contribution is 0.613. The molecule has 2 heterocycles. The lowest BCUT2D eigenvalue weighted by Gasteiger charge is -2.33. The van der Waals surface area contributed by atoms with E-state index in [1.54, 1.807) is 0 Å². The van der Waals surface area contributed by atoms with Crippen molar-refractivity contribution in [2.45, 2.75) is 71.6 Å². The zero-order valence-corrected chi connectivity index (χ0v) is 19.0. The van der Waals surface area contributed by atoms with Gasteiger partial charge in [-0.25, -0.2) is 0 Å². The summed E-state index contributed by atoms with van der Waals surface area (Å²) in [6.45, 7) is 14.0. The molecule has 2 aromatic carbocycles. The van der Waals surface area contributed by atoms with Crippen LogP contribution >= 0.6 is 0 Å². The highest BCUT2D eigenvalue weighted by atomic mass is 15.2. The molecular formula is C27H40N2. The van der Waals surface area contributed by atoms with E-state index < -0.39 is 0 Å². The predicted molar refractivity (Wildman–Crippen MR) is 129 cm³/mol. The van der Waals surface area contributed by atoms with Crippen LogP contribution in [0.25, 0.3) is 0 Å². The topological polar surface area (TPSA) is 6.48 Å². The van der Waals surface area contributed by atoms with Crippen molar-refractivity contribution in [3.05, 3.63) is 59.7 Å². The smallest absolute Gasteiger partial charge is 0.0369 e. The lowest BCUT2D eigenvalue weighted by Crippen LogP contribution is -2.36. The molecule has 29 heavy (non-hydrogen) atoms. The Bertz CT molecular complexity index is 738. The summed E-state index contributed by atoms with van der Waals surface area (Å²) in [5.41, 5.74) is 5.80. The van der Waals surface area contributed by atoms with Gasteiger partial charge >= 0.3 is 0 Å². The largest absolute Gasteiger partial charge is 0.372 e. The Kier molecular flexibility index (Phi) is 8.03. The molecule has 4 rings (SSSR count). The van der Waals surface area contributed by atoms with Gasteiger partial charge in [0.05, 0.1) is 0 Å². The summed E-state index contributed by atoms with van der Waals surface area (Å²) in [6.07, 6.45) is 6.56. The van der Waals surface area contributed by atoms with Crippen LogP contribution in [0.1, 0.15) is 82.8 Å². The molecule has 2 aliphatic rings. The normalized spacial score (nSPS) is 16.1. The second-order valence-electron chi connectivity index (χ2n) is 8.89. The third-order valence-electron chi connectivity index (χ3n) is 6.56. The van der Waals surface area contributed by atoms with Crippen molar-refractivity contribution in [1.29, 1.82) is 0 Å². The molecule has 0 amide bonds. The molecule has 2 fully saturated rings. The van der Waals surface area contributed by atoms with Gasteiger partial charge in [0.25, 0.3) is 0 Å². The number of anilines is 2. The summed E-state index contributed by atoms with van der Waals surface area (Å²) in [7, 11) is 0. The van der Waals surface area contributed by atoms with Crippen LogP contribution in [0.15, 0.2) is 48.5 Å². The van der Waals surface area contributed by atoms with Gasteiger partial charge in [0, 0.05) is 37.6 Å². The molecule has 0 atom stereocenters. The van der Waals surface area contributed by atoms with Crippen molar-refractivity contribution in [3.63, 3.8) is 0 Å². The fourth-order valence-electron chi connectivity index (χ4n) is 4.37. The summed E-state index contributed by atoms with van der Waals surface area (Å²) in [6, 6.07) is 18.1. The minimum absolute atomic E-state index is 0.637. The number of benzene rings is 2. The van der Waals surface area contributed by atoms with Crippen molar-refractivity contribution >= 4 is 11.4 Å². The van der Waals surface area contributed by atoms with E-state index in [1.165, 1.54) is 80.8 Å². The Balaban J connectivity index is 0.000000166. The Labute approximate surface area is 178 Å². The molecule has 0 saturated carbocycles. The Morgan fingerprint density at radius 1 is 0.690 bits per heavy atom. The van der Waals surface area contributed by atoms with Crippen LogP contribution in [0.5, 0.6) is 0 Å². The van der Waals surface area contributed by atoms with Crippen molar-refractivity contribution in [1.82, 2.24) is 0 Å². The van der Waals surface area contributed by atoms with Gasteiger partial charge in [-0.2, -0.15) is 0 Å². The monoisotopic (exact) mass is 392 g/mol. The Morgan fingerprint density at radius 3 is 1.62 bits per heavy atom. The van der Waals surface area contributed by atoms with E-state index in [-0.39, 0.29) is 0 Å². The maximum Gasteiger partial charge on any atom is 0.0369 e. The SMILES string of the molecule is CC(C)c1cccc(N2CCCC2)c1.CCC(CC)c1cccc(N2CCC2)c1. The van der Waals surface area contributed by atoms with Gasteiger partial charge in [0.1, 0.15) is 0 Å². The molecule has 2 heteroatoms. The molecule has 2 aliphatic heterocycles. The van der Waals surface area contributed by atoms with Crippen LogP contribution in [-0.4, -0.2) is 26.2 Å². The molecular weight excluding hydrogens is 352 g/mol. The average Bonchev–Trinajstić information content (AvgIpc) is 3.24. The molecule has 0 aliphatic carbocycles. The third kappa shape index (κ3) is 5.78. The molecule has 158 valence electrons. The van der Waals surface area contributed by atoms with Crippen LogP contribution in [0.4, 0.5) is 11.4 Å². The van der Waals surface area contributed by atoms with Crippen molar-refractivity contribution in [2.75, 3.05) is 36.0 Å². The Morgan fingerprint density at radius 2 is 1.17 bits per heavy atom. The van der Waals surface area contributed by atoms with Gasteiger partial charge in [-0.05, 0) is 79.3 Å². The molecule has 0 N–H and O–H groups in total. The summed E-state index contributed by atoms with van der Waals surface area (Å²) < 4.78 is 0. The molecule has 2 nitrogen and oxygen atoms in total. The standard InChI is InChI=1S/C14H21N.C13H19N/c1-3-12(4-2)13-7-5-8-14(11-13)15-9-6-10-15;1-11(2)12-6-5-7-13(10-12)14-8-3-4-9-14/h5,7-8,11-12H,3-4,6,9-10H2,1-2H3;5-7,10-11H,3-4,8-9H2,1-2H3. The van der Waals surface area contributed by atoms with E-state index in [2.05, 4.69) is 86.0 Å². The minimum Gasteiger partial charge on any atom is -0.372 e. The van der Waals surface area contributed by atoms with Crippen molar-refractivity contribution in [2.24, 2.45) is 0 Å². The summed E-state index contributed by atoms with van der Waals surface area (Å²) in [5.74, 6) is 1.38. The molecule has 2 aromatic rings. The zero-order chi connectivity index (χ0) is 20.6. The number of nitrogens with zero attached hydrogens (tertiary/aromatic N) is 2. The maximum atomic E-state index is 2.49. The van der Waals surface area contributed by atoms with Crippen LogP contribution in [0.3, 0.4) is 0 Å². The third-order valence-corrected chi connectivity index (χ3v) is 6.56. The lowest BCUT2D eigenvalue weighted by atomic mass is 9.93. The first-order chi connectivity index (χ1) is 14.1. The van der Waals surface area contributed by atoms with Gasteiger partial charge in [-0.15, -0.1) is 0 Å². The second kappa shape index (κ2) is 10.7. The highest BCUT2D eigenvalue weighted by Gasteiger charge is 2.16. The van der Waals surface area contributed by atoms with Gasteiger partial charge in [-0.3, -0.25) is 0 Å². The molecule has 0 aromatic heterocycles. The fourth-order valence-corrected chi connectivity index (χ4v) is 4.37. The molecule has 2 saturated heterocycles. The number of hydrogen-bond acceptors (Lipinski definition) is 2. The van der Waals surface area contributed by atoms with Gasteiger partial charge in [0.2, 0.25) is 0 Å².